The highest BCUT2D eigenvalue weighted by molar-refractivity contribution is 6.67. The molecule has 0 amide bonds. The molecule has 0 heterocycles. The van der Waals surface area contributed by atoms with Crippen LogP contribution in [0, 0.1) is 5.92 Å². The van der Waals surface area contributed by atoms with E-state index in [-0.39, 0.29) is 5.38 Å². The SMILES string of the molecule is ClC(CC(Cl)(Cl)Cl)C1CC=CCC1. The Kier molecular flexibility index (Phi) is 4.71. The second kappa shape index (κ2) is 5.11. The van der Waals surface area contributed by atoms with E-state index in [1.54, 1.807) is 0 Å². The number of hydrogen-bond acceptors (Lipinski definition) is 0. The Hall–Kier alpha value is 0.900. The van der Waals surface area contributed by atoms with Crippen LogP contribution in [0.5, 0.6) is 0 Å². The van der Waals surface area contributed by atoms with E-state index in [0.717, 1.165) is 19.3 Å². The van der Waals surface area contributed by atoms with Gasteiger partial charge in [-0.1, -0.05) is 47.0 Å². The normalized spacial score (nSPS) is 26.0. The van der Waals surface area contributed by atoms with Gasteiger partial charge in [0.1, 0.15) is 0 Å². The highest BCUT2D eigenvalue weighted by Crippen LogP contribution is 2.37. The summed E-state index contributed by atoms with van der Waals surface area (Å²) in [7, 11) is 0. The minimum absolute atomic E-state index is 0.0301. The van der Waals surface area contributed by atoms with Gasteiger partial charge in [0.2, 0.25) is 0 Å². The Bertz CT molecular complexity index is 183. The van der Waals surface area contributed by atoms with Crippen molar-refractivity contribution in [3.05, 3.63) is 12.2 Å². The van der Waals surface area contributed by atoms with Gasteiger partial charge in [-0.3, -0.25) is 0 Å². The molecule has 1 aliphatic rings. The lowest BCUT2D eigenvalue weighted by atomic mass is 9.90. The van der Waals surface area contributed by atoms with E-state index in [9.17, 15) is 0 Å². The molecular formula is C9H12Cl4. The molecule has 0 saturated heterocycles. The molecule has 0 aromatic heterocycles. The fraction of sp³-hybridized carbons (Fsp3) is 0.778. The van der Waals surface area contributed by atoms with Crippen LogP contribution in [0.2, 0.25) is 0 Å². The summed E-state index contributed by atoms with van der Waals surface area (Å²) in [5.74, 6) is 0.460. The minimum Gasteiger partial charge on any atom is -0.123 e. The standard InChI is InChI=1S/C9H12Cl4/c10-8(6-9(11,12)13)7-4-2-1-3-5-7/h1-2,7-8H,3-6H2. The molecule has 0 aromatic carbocycles. The van der Waals surface area contributed by atoms with Crippen molar-refractivity contribution in [2.24, 2.45) is 5.92 Å². The van der Waals surface area contributed by atoms with E-state index in [0.29, 0.717) is 12.3 Å². The zero-order valence-corrected chi connectivity index (χ0v) is 10.2. The molecule has 0 fully saturated rings. The van der Waals surface area contributed by atoms with Crippen molar-refractivity contribution in [1.29, 1.82) is 0 Å². The van der Waals surface area contributed by atoms with Crippen LogP contribution in [-0.2, 0) is 0 Å². The third kappa shape index (κ3) is 4.78. The summed E-state index contributed by atoms with van der Waals surface area (Å²) < 4.78 is -1.21. The number of alkyl halides is 4. The minimum atomic E-state index is -1.21. The average molecular weight is 262 g/mol. The van der Waals surface area contributed by atoms with E-state index in [2.05, 4.69) is 12.2 Å². The summed E-state index contributed by atoms with van der Waals surface area (Å²) >= 11 is 23.2. The fourth-order valence-corrected chi connectivity index (χ4v) is 2.73. The monoisotopic (exact) mass is 260 g/mol. The van der Waals surface area contributed by atoms with Gasteiger partial charge < -0.3 is 0 Å². The van der Waals surface area contributed by atoms with Gasteiger partial charge in [-0.25, -0.2) is 0 Å². The van der Waals surface area contributed by atoms with Crippen molar-refractivity contribution < 1.29 is 0 Å². The van der Waals surface area contributed by atoms with Crippen molar-refractivity contribution in [1.82, 2.24) is 0 Å². The van der Waals surface area contributed by atoms with Crippen molar-refractivity contribution in [3.8, 4) is 0 Å². The first-order chi connectivity index (χ1) is 5.99. The van der Waals surface area contributed by atoms with E-state index < -0.39 is 3.79 Å². The smallest absolute Gasteiger partial charge is 0.123 e. The van der Waals surface area contributed by atoms with Gasteiger partial charge in [0.25, 0.3) is 0 Å². The highest BCUT2D eigenvalue weighted by atomic mass is 35.6. The van der Waals surface area contributed by atoms with Crippen LogP contribution in [0.1, 0.15) is 25.7 Å². The fourth-order valence-electron chi connectivity index (χ4n) is 1.53. The maximum absolute atomic E-state index is 6.16. The van der Waals surface area contributed by atoms with E-state index >= 15 is 0 Å². The third-order valence-corrected chi connectivity index (χ3v) is 3.22. The number of allylic oxidation sites excluding steroid dienone is 2. The number of halogens is 4. The molecular weight excluding hydrogens is 250 g/mol. The van der Waals surface area contributed by atoms with Crippen LogP contribution in [0.3, 0.4) is 0 Å². The van der Waals surface area contributed by atoms with E-state index in [4.69, 9.17) is 46.4 Å². The molecule has 0 aromatic rings. The molecule has 0 bridgehead atoms. The number of rotatable bonds is 2. The molecule has 13 heavy (non-hydrogen) atoms. The van der Waals surface area contributed by atoms with Gasteiger partial charge >= 0.3 is 0 Å². The Morgan fingerprint density at radius 2 is 2.00 bits per heavy atom. The first kappa shape index (κ1) is 12.0. The number of hydrogen-bond donors (Lipinski definition) is 0. The third-order valence-electron chi connectivity index (χ3n) is 2.25. The Morgan fingerprint density at radius 1 is 1.31 bits per heavy atom. The van der Waals surface area contributed by atoms with E-state index in [1.165, 1.54) is 0 Å². The Labute approximate surface area is 99.2 Å². The van der Waals surface area contributed by atoms with Crippen LogP contribution in [0.4, 0.5) is 0 Å². The van der Waals surface area contributed by atoms with Crippen molar-refractivity contribution in [2.75, 3.05) is 0 Å². The Balaban J connectivity index is 2.38. The van der Waals surface area contributed by atoms with Gasteiger partial charge in [-0.15, -0.1) is 11.6 Å². The predicted octanol–water partition coefficient (Wildman–Crippen LogP) is 4.71. The molecule has 1 rings (SSSR count). The van der Waals surface area contributed by atoms with Gasteiger partial charge in [0, 0.05) is 11.8 Å². The second-order valence-corrected chi connectivity index (χ2v) is 6.46. The van der Waals surface area contributed by atoms with Crippen molar-refractivity contribution in [3.63, 3.8) is 0 Å². The summed E-state index contributed by atoms with van der Waals surface area (Å²) in [6.45, 7) is 0. The lowest BCUT2D eigenvalue weighted by molar-refractivity contribution is 0.441. The molecule has 4 heteroatoms. The molecule has 0 aliphatic heterocycles. The van der Waals surface area contributed by atoms with Gasteiger partial charge in [0.15, 0.2) is 3.79 Å². The maximum Gasteiger partial charge on any atom is 0.192 e. The van der Waals surface area contributed by atoms with E-state index in [1.807, 2.05) is 0 Å². The highest BCUT2D eigenvalue weighted by Gasteiger charge is 2.29. The molecule has 2 unspecified atom stereocenters. The summed E-state index contributed by atoms with van der Waals surface area (Å²) in [5, 5.41) is -0.0301. The molecule has 0 nitrogen and oxygen atoms in total. The molecule has 0 N–H and O–H groups in total. The molecule has 0 saturated carbocycles. The van der Waals surface area contributed by atoms with Crippen LogP contribution >= 0.6 is 46.4 Å². The molecule has 76 valence electrons. The first-order valence-electron chi connectivity index (χ1n) is 4.35. The van der Waals surface area contributed by atoms with Crippen molar-refractivity contribution >= 4 is 46.4 Å². The molecule has 1 aliphatic carbocycles. The maximum atomic E-state index is 6.16. The predicted molar refractivity (Wildman–Crippen MR) is 61.0 cm³/mol. The van der Waals surface area contributed by atoms with Crippen LogP contribution in [0.25, 0.3) is 0 Å². The van der Waals surface area contributed by atoms with Gasteiger partial charge in [-0.05, 0) is 25.2 Å². The van der Waals surface area contributed by atoms with Gasteiger partial charge in [0.05, 0.1) is 0 Å². The largest absolute Gasteiger partial charge is 0.192 e. The lowest BCUT2D eigenvalue weighted by Crippen LogP contribution is -2.21. The topological polar surface area (TPSA) is 0 Å². The van der Waals surface area contributed by atoms with Crippen LogP contribution < -0.4 is 0 Å². The lowest BCUT2D eigenvalue weighted by Gasteiger charge is -2.25. The Morgan fingerprint density at radius 3 is 2.46 bits per heavy atom. The second-order valence-electron chi connectivity index (χ2n) is 3.38. The summed E-state index contributed by atoms with van der Waals surface area (Å²) in [6, 6.07) is 0. The quantitative estimate of drug-likeness (QED) is 0.499. The summed E-state index contributed by atoms with van der Waals surface area (Å²) in [6.07, 6.45) is 7.96. The molecule has 0 spiro atoms. The molecule has 2 atom stereocenters. The zero-order valence-electron chi connectivity index (χ0n) is 7.15. The van der Waals surface area contributed by atoms with Gasteiger partial charge in [-0.2, -0.15) is 0 Å². The molecule has 0 radical (unpaired) electrons. The first-order valence-corrected chi connectivity index (χ1v) is 5.92. The average Bonchev–Trinajstić information content (AvgIpc) is 2.03. The summed E-state index contributed by atoms with van der Waals surface area (Å²) in [4.78, 5) is 0. The van der Waals surface area contributed by atoms with Crippen molar-refractivity contribution in [2.45, 2.75) is 34.9 Å². The van der Waals surface area contributed by atoms with Crippen LogP contribution in [-0.4, -0.2) is 9.17 Å². The van der Waals surface area contributed by atoms with Crippen LogP contribution in [0.15, 0.2) is 12.2 Å². The zero-order chi connectivity index (χ0) is 9.90. The summed E-state index contributed by atoms with van der Waals surface area (Å²) in [5.41, 5.74) is 0.